The molecule has 178 valence electrons. The lowest BCUT2D eigenvalue weighted by Gasteiger charge is -2.25. The molecule has 2 aliphatic rings. The molecule has 1 aromatic carbocycles. The first-order valence-corrected chi connectivity index (χ1v) is 12.0. The fraction of sp³-hybridized carbons (Fsp3) is 0.545. The van der Waals surface area contributed by atoms with Gasteiger partial charge in [-0.25, -0.2) is 4.79 Å². The Kier molecular flexibility index (Phi) is 7.16. The highest BCUT2D eigenvalue weighted by atomic mass is 32.1. The molecule has 1 saturated carbocycles. The number of anilines is 1. The number of hydrogen-bond donors (Lipinski definition) is 2. The zero-order chi connectivity index (χ0) is 23.4. The van der Waals surface area contributed by atoms with E-state index in [2.05, 4.69) is 20.8 Å². The van der Waals surface area contributed by atoms with Crippen molar-refractivity contribution in [2.24, 2.45) is 0 Å². The maximum atomic E-state index is 13.2. The Bertz CT molecular complexity index is 990. The molecule has 1 unspecified atom stereocenters. The van der Waals surface area contributed by atoms with E-state index in [0.717, 1.165) is 42.8 Å². The second-order valence-electron chi connectivity index (χ2n) is 8.50. The first-order chi connectivity index (χ1) is 15.8. The van der Waals surface area contributed by atoms with Gasteiger partial charge in [0.2, 0.25) is 11.0 Å². The number of benzene rings is 1. The molecule has 7 nitrogen and oxygen atoms in total. The number of halogens is 3. The second kappa shape index (κ2) is 10.1. The van der Waals surface area contributed by atoms with Crippen molar-refractivity contribution in [3.8, 4) is 0 Å². The van der Waals surface area contributed by atoms with Crippen LogP contribution in [0, 0.1) is 0 Å². The van der Waals surface area contributed by atoms with E-state index in [1.54, 1.807) is 4.90 Å². The number of rotatable bonds is 6. The van der Waals surface area contributed by atoms with Gasteiger partial charge >= 0.3 is 12.2 Å². The zero-order valence-corrected chi connectivity index (χ0v) is 18.8. The van der Waals surface area contributed by atoms with Crippen molar-refractivity contribution in [1.29, 1.82) is 0 Å². The summed E-state index contributed by atoms with van der Waals surface area (Å²) in [6, 6.07) is 3.41. The van der Waals surface area contributed by atoms with Gasteiger partial charge < -0.3 is 10.2 Å². The average molecular weight is 482 g/mol. The van der Waals surface area contributed by atoms with E-state index in [4.69, 9.17) is 0 Å². The Morgan fingerprint density at radius 3 is 2.67 bits per heavy atom. The molecule has 0 bridgehead atoms. The van der Waals surface area contributed by atoms with Crippen LogP contribution in [-0.2, 0) is 11.0 Å². The molecule has 2 heterocycles. The molecule has 2 aromatic rings. The van der Waals surface area contributed by atoms with Gasteiger partial charge in [0.1, 0.15) is 5.01 Å². The fourth-order valence-electron chi connectivity index (χ4n) is 4.37. The third kappa shape index (κ3) is 6.01. The molecular formula is C22H26F3N5O2S. The maximum Gasteiger partial charge on any atom is 0.416 e. The number of urea groups is 1. The number of aromatic nitrogens is 2. The molecule has 2 N–H and O–H groups in total. The lowest BCUT2D eigenvalue weighted by atomic mass is 9.90. The minimum absolute atomic E-state index is 0.0737. The van der Waals surface area contributed by atoms with E-state index >= 15 is 0 Å². The molecule has 1 aromatic heterocycles. The van der Waals surface area contributed by atoms with Crippen molar-refractivity contribution in [3.05, 3.63) is 40.4 Å². The number of hydrogen-bond acceptors (Lipinski definition) is 5. The Morgan fingerprint density at radius 1 is 1.18 bits per heavy atom. The molecule has 0 spiro atoms. The Morgan fingerprint density at radius 2 is 1.97 bits per heavy atom. The number of carbonyl (C=O) groups is 2. The van der Waals surface area contributed by atoms with Crippen LogP contribution in [0.1, 0.15) is 73.0 Å². The minimum Gasteiger partial charge on any atom is -0.340 e. The predicted molar refractivity (Wildman–Crippen MR) is 118 cm³/mol. The summed E-state index contributed by atoms with van der Waals surface area (Å²) in [4.78, 5) is 26.4. The highest BCUT2D eigenvalue weighted by molar-refractivity contribution is 7.15. The highest BCUT2D eigenvalue weighted by Gasteiger charge is 2.32. The number of alkyl halides is 3. The summed E-state index contributed by atoms with van der Waals surface area (Å²) >= 11 is 1.32. The summed E-state index contributed by atoms with van der Waals surface area (Å²) < 4.78 is 39.7. The van der Waals surface area contributed by atoms with Crippen molar-refractivity contribution in [2.75, 3.05) is 18.4 Å². The monoisotopic (exact) mass is 481 g/mol. The van der Waals surface area contributed by atoms with Crippen molar-refractivity contribution < 1.29 is 22.8 Å². The van der Waals surface area contributed by atoms with Crippen LogP contribution in [0.15, 0.2) is 24.3 Å². The number of nitrogens with one attached hydrogen (secondary N) is 2. The van der Waals surface area contributed by atoms with E-state index < -0.39 is 23.8 Å². The van der Waals surface area contributed by atoms with Crippen LogP contribution in [0.5, 0.6) is 0 Å². The predicted octanol–water partition coefficient (Wildman–Crippen LogP) is 5.09. The van der Waals surface area contributed by atoms with Crippen molar-refractivity contribution in [3.63, 3.8) is 0 Å². The van der Waals surface area contributed by atoms with Crippen LogP contribution < -0.4 is 10.6 Å². The molecule has 33 heavy (non-hydrogen) atoms. The van der Waals surface area contributed by atoms with Gasteiger partial charge in [0.25, 0.3) is 0 Å². The molecule has 1 aliphatic carbocycles. The number of carbonyl (C=O) groups excluding carboxylic acids is 2. The molecule has 2 fully saturated rings. The summed E-state index contributed by atoms with van der Waals surface area (Å²) in [5.74, 6) is 0.282. The summed E-state index contributed by atoms with van der Waals surface area (Å²) in [7, 11) is 0. The number of likely N-dealkylation sites (tertiary alicyclic amines) is 1. The van der Waals surface area contributed by atoms with E-state index in [-0.39, 0.29) is 18.0 Å². The third-order valence-corrected chi connectivity index (χ3v) is 7.11. The SMILES string of the molecule is O=C(Nc1nnc(C2CCCCC2)s1)NC(CN1CCCC1=O)c1cccc(C(F)(F)F)c1. The van der Waals surface area contributed by atoms with Gasteiger partial charge in [-0.2, -0.15) is 13.2 Å². The Labute approximate surface area is 193 Å². The Hall–Kier alpha value is -2.69. The quantitative estimate of drug-likeness (QED) is 0.602. The first kappa shape index (κ1) is 23.5. The maximum absolute atomic E-state index is 13.2. The fourth-order valence-corrected chi connectivity index (χ4v) is 5.28. The smallest absolute Gasteiger partial charge is 0.340 e. The van der Waals surface area contributed by atoms with E-state index in [1.165, 1.54) is 29.9 Å². The van der Waals surface area contributed by atoms with E-state index in [0.29, 0.717) is 30.4 Å². The first-order valence-electron chi connectivity index (χ1n) is 11.2. The number of amides is 3. The van der Waals surface area contributed by atoms with Crippen LogP contribution in [0.3, 0.4) is 0 Å². The molecule has 1 atom stereocenters. The summed E-state index contributed by atoms with van der Waals surface area (Å²) in [5, 5.41) is 14.9. The lowest BCUT2D eigenvalue weighted by molar-refractivity contribution is -0.137. The van der Waals surface area contributed by atoms with Crippen LogP contribution >= 0.6 is 11.3 Å². The van der Waals surface area contributed by atoms with Crippen molar-refractivity contribution in [2.45, 2.75) is 63.1 Å². The van der Waals surface area contributed by atoms with Gasteiger partial charge in [-0.15, -0.1) is 10.2 Å². The van der Waals surface area contributed by atoms with Crippen LogP contribution in [-0.4, -0.2) is 40.1 Å². The zero-order valence-electron chi connectivity index (χ0n) is 18.0. The average Bonchev–Trinajstić information content (AvgIpc) is 3.42. The van der Waals surface area contributed by atoms with Crippen molar-refractivity contribution in [1.82, 2.24) is 20.4 Å². The highest BCUT2D eigenvalue weighted by Crippen LogP contribution is 2.35. The summed E-state index contributed by atoms with van der Waals surface area (Å²) in [6.45, 7) is 0.607. The van der Waals surface area contributed by atoms with Gasteiger partial charge in [0.05, 0.1) is 11.6 Å². The van der Waals surface area contributed by atoms with Crippen LogP contribution in [0.25, 0.3) is 0 Å². The molecular weight excluding hydrogens is 455 g/mol. The molecule has 0 radical (unpaired) electrons. The van der Waals surface area contributed by atoms with Gasteiger partial charge in [-0.1, -0.05) is 42.7 Å². The topological polar surface area (TPSA) is 87.2 Å². The molecule has 1 saturated heterocycles. The summed E-state index contributed by atoms with van der Waals surface area (Å²) in [5.41, 5.74) is -0.527. The minimum atomic E-state index is -4.51. The largest absolute Gasteiger partial charge is 0.416 e. The molecule has 3 amide bonds. The van der Waals surface area contributed by atoms with Gasteiger partial charge in [0.15, 0.2) is 0 Å². The van der Waals surface area contributed by atoms with Crippen molar-refractivity contribution >= 4 is 28.4 Å². The molecule has 11 heteroatoms. The second-order valence-corrected chi connectivity index (χ2v) is 9.51. The third-order valence-electron chi connectivity index (χ3n) is 6.11. The van der Waals surface area contributed by atoms with Crippen LogP contribution in [0.2, 0.25) is 0 Å². The lowest BCUT2D eigenvalue weighted by Crippen LogP contribution is -2.40. The van der Waals surface area contributed by atoms with E-state index in [9.17, 15) is 22.8 Å². The van der Waals surface area contributed by atoms with Gasteiger partial charge in [-0.05, 0) is 37.0 Å². The standard InChI is InChI=1S/C22H26F3N5O2S/c23-22(24,25)16-9-4-8-15(12-16)17(13-30-11-5-10-18(30)31)26-20(32)27-21-29-28-19(33-21)14-6-2-1-3-7-14/h4,8-9,12,14,17H,1-3,5-7,10-11,13H2,(H2,26,27,29,32). The van der Waals surface area contributed by atoms with Gasteiger partial charge in [-0.3, -0.25) is 10.1 Å². The normalized spacial score (nSPS) is 18.4. The van der Waals surface area contributed by atoms with E-state index in [1.807, 2.05) is 0 Å². The number of nitrogens with zero attached hydrogens (tertiary/aromatic N) is 3. The van der Waals surface area contributed by atoms with Gasteiger partial charge in [0, 0.05) is 25.4 Å². The molecule has 1 aliphatic heterocycles. The summed E-state index contributed by atoms with van der Waals surface area (Å²) in [6.07, 6.45) is 2.23. The van der Waals surface area contributed by atoms with Crippen LogP contribution in [0.4, 0.5) is 23.1 Å². The Balaban J connectivity index is 1.47. The molecule has 4 rings (SSSR count).